The third-order valence-corrected chi connectivity index (χ3v) is 4.30. The number of rotatable bonds is 6. The average molecular weight is 274 g/mol. The molecule has 0 saturated carbocycles. The molecule has 112 valence electrons. The van der Waals surface area contributed by atoms with Gasteiger partial charge in [-0.2, -0.15) is 0 Å². The third-order valence-electron chi connectivity index (χ3n) is 4.30. The van der Waals surface area contributed by atoms with Crippen LogP contribution in [0, 0.1) is 5.92 Å². The fourth-order valence-corrected chi connectivity index (χ4v) is 2.99. The molecule has 0 saturated heterocycles. The van der Waals surface area contributed by atoms with Crippen LogP contribution in [-0.4, -0.2) is 30.6 Å². The van der Waals surface area contributed by atoms with Crippen LogP contribution in [-0.2, 0) is 13.0 Å². The second-order valence-electron chi connectivity index (χ2n) is 6.58. The van der Waals surface area contributed by atoms with Crippen molar-refractivity contribution in [3.05, 3.63) is 35.4 Å². The van der Waals surface area contributed by atoms with Gasteiger partial charge in [-0.3, -0.25) is 4.90 Å². The predicted octanol–water partition coefficient (Wildman–Crippen LogP) is 3.46. The maximum atomic E-state index is 3.56. The summed E-state index contributed by atoms with van der Waals surface area (Å²) in [6, 6.07) is 9.62. The van der Waals surface area contributed by atoms with E-state index in [2.05, 4.69) is 55.3 Å². The molecule has 1 unspecified atom stereocenters. The van der Waals surface area contributed by atoms with E-state index in [-0.39, 0.29) is 0 Å². The van der Waals surface area contributed by atoms with Crippen molar-refractivity contribution in [2.45, 2.75) is 52.6 Å². The highest BCUT2D eigenvalue weighted by atomic mass is 15.1. The summed E-state index contributed by atoms with van der Waals surface area (Å²) in [7, 11) is 0. The molecule has 0 aliphatic carbocycles. The Hall–Kier alpha value is -0.860. The Bertz CT molecular complexity index is 400. The highest BCUT2D eigenvalue weighted by Gasteiger charge is 2.18. The van der Waals surface area contributed by atoms with E-state index in [0.717, 1.165) is 25.6 Å². The van der Waals surface area contributed by atoms with Crippen molar-refractivity contribution in [1.82, 2.24) is 10.2 Å². The number of aryl methyl sites for hydroxylation is 1. The summed E-state index contributed by atoms with van der Waals surface area (Å²) in [5.74, 6) is 0.746. The van der Waals surface area contributed by atoms with Crippen LogP contribution in [0.25, 0.3) is 0 Å². The van der Waals surface area contributed by atoms with E-state index in [1.807, 2.05) is 0 Å². The van der Waals surface area contributed by atoms with Crippen LogP contribution in [0.5, 0.6) is 0 Å². The Morgan fingerprint density at radius 2 is 1.90 bits per heavy atom. The molecule has 1 aromatic rings. The lowest BCUT2D eigenvalue weighted by Crippen LogP contribution is -2.35. The molecular formula is C18H30N2. The van der Waals surface area contributed by atoms with Crippen LogP contribution >= 0.6 is 0 Å². The first-order valence-electron chi connectivity index (χ1n) is 8.18. The van der Waals surface area contributed by atoms with Gasteiger partial charge in [-0.25, -0.2) is 0 Å². The Balaban J connectivity index is 1.83. The fourth-order valence-electron chi connectivity index (χ4n) is 2.99. The zero-order valence-electron chi connectivity index (χ0n) is 13.4. The van der Waals surface area contributed by atoms with Gasteiger partial charge >= 0.3 is 0 Å². The average Bonchev–Trinajstić information content (AvgIpc) is 2.65. The molecule has 1 N–H and O–H groups in total. The molecule has 2 rings (SSSR count). The largest absolute Gasteiger partial charge is 0.316 e. The summed E-state index contributed by atoms with van der Waals surface area (Å²) in [6.45, 7) is 11.5. The second-order valence-corrected chi connectivity index (χ2v) is 6.58. The number of nitrogens with one attached hydrogen (secondary N) is 1. The first-order valence-corrected chi connectivity index (χ1v) is 8.18. The Kier molecular flexibility index (Phi) is 6.06. The molecule has 2 heteroatoms. The van der Waals surface area contributed by atoms with Crippen molar-refractivity contribution in [2.24, 2.45) is 5.92 Å². The highest BCUT2D eigenvalue weighted by molar-refractivity contribution is 5.28. The van der Waals surface area contributed by atoms with Crippen LogP contribution < -0.4 is 5.32 Å². The highest BCUT2D eigenvalue weighted by Crippen LogP contribution is 2.20. The maximum Gasteiger partial charge on any atom is 0.0239 e. The predicted molar refractivity (Wildman–Crippen MR) is 87.0 cm³/mol. The van der Waals surface area contributed by atoms with Crippen LogP contribution in [0.15, 0.2) is 24.3 Å². The first-order chi connectivity index (χ1) is 9.66. The normalized spacial score (nSPS) is 17.8. The van der Waals surface area contributed by atoms with E-state index in [1.54, 1.807) is 5.56 Å². The molecule has 20 heavy (non-hydrogen) atoms. The standard InChI is InChI=1S/C18H30N2/c1-15(2)13-19-11-10-16(3)20-12-6-9-17-7-4-5-8-18(17)14-20/h4-5,7-8,15-16,19H,6,9-14H2,1-3H3. The summed E-state index contributed by atoms with van der Waals surface area (Å²) < 4.78 is 0. The molecule has 0 fully saturated rings. The van der Waals surface area contributed by atoms with Gasteiger partial charge in [0.25, 0.3) is 0 Å². The quantitative estimate of drug-likeness (QED) is 0.799. The molecule has 0 spiro atoms. The SMILES string of the molecule is CC(C)CNCCC(C)N1CCCc2ccccc2C1. The van der Waals surface area contributed by atoms with E-state index in [0.29, 0.717) is 6.04 Å². The van der Waals surface area contributed by atoms with Crippen molar-refractivity contribution in [1.29, 1.82) is 0 Å². The first kappa shape index (κ1) is 15.5. The minimum absolute atomic E-state index is 0.667. The third kappa shape index (κ3) is 4.60. The molecule has 2 nitrogen and oxygen atoms in total. The summed E-state index contributed by atoms with van der Waals surface area (Å²) in [6.07, 6.45) is 3.78. The van der Waals surface area contributed by atoms with Crippen LogP contribution in [0.4, 0.5) is 0 Å². The Morgan fingerprint density at radius 1 is 1.15 bits per heavy atom. The Morgan fingerprint density at radius 3 is 2.65 bits per heavy atom. The van der Waals surface area contributed by atoms with Gasteiger partial charge < -0.3 is 5.32 Å². The molecule has 1 heterocycles. The van der Waals surface area contributed by atoms with Gasteiger partial charge in [0.05, 0.1) is 0 Å². The summed E-state index contributed by atoms with van der Waals surface area (Å²) >= 11 is 0. The molecule has 0 aromatic heterocycles. The lowest BCUT2D eigenvalue weighted by molar-refractivity contribution is 0.192. The number of nitrogens with zero attached hydrogens (tertiary/aromatic N) is 1. The van der Waals surface area contributed by atoms with Crippen molar-refractivity contribution in [2.75, 3.05) is 19.6 Å². The number of hydrogen-bond acceptors (Lipinski definition) is 2. The molecule has 1 aromatic carbocycles. The number of fused-ring (bicyclic) bond motifs is 1. The fraction of sp³-hybridized carbons (Fsp3) is 0.667. The van der Waals surface area contributed by atoms with Gasteiger partial charge in [0.1, 0.15) is 0 Å². The maximum absolute atomic E-state index is 3.56. The lowest BCUT2D eigenvalue weighted by atomic mass is 10.0. The molecule has 1 aliphatic rings. The smallest absolute Gasteiger partial charge is 0.0239 e. The minimum Gasteiger partial charge on any atom is -0.316 e. The number of hydrogen-bond donors (Lipinski definition) is 1. The summed E-state index contributed by atoms with van der Waals surface area (Å²) in [5.41, 5.74) is 3.09. The summed E-state index contributed by atoms with van der Waals surface area (Å²) in [4.78, 5) is 2.66. The van der Waals surface area contributed by atoms with Crippen molar-refractivity contribution >= 4 is 0 Å². The van der Waals surface area contributed by atoms with Gasteiger partial charge in [-0.1, -0.05) is 38.1 Å². The summed E-state index contributed by atoms with van der Waals surface area (Å²) in [5, 5.41) is 3.56. The molecule has 1 atom stereocenters. The second kappa shape index (κ2) is 7.80. The molecule has 1 aliphatic heterocycles. The van der Waals surface area contributed by atoms with E-state index < -0.39 is 0 Å². The van der Waals surface area contributed by atoms with Crippen LogP contribution in [0.3, 0.4) is 0 Å². The van der Waals surface area contributed by atoms with Crippen LogP contribution in [0.1, 0.15) is 44.7 Å². The molecule has 0 radical (unpaired) electrons. The van der Waals surface area contributed by atoms with Crippen molar-refractivity contribution in [3.8, 4) is 0 Å². The van der Waals surface area contributed by atoms with E-state index in [9.17, 15) is 0 Å². The minimum atomic E-state index is 0.667. The van der Waals surface area contributed by atoms with E-state index >= 15 is 0 Å². The topological polar surface area (TPSA) is 15.3 Å². The lowest BCUT2D eigenvalue weighted by Gasteiger charge is -2.28. The van der Waals surface area contributed by atoms with E-state index in [1.165, 1.54) is 31.4 Å². The number of benzene rings is 1. The zero-order valence-corrected chi connectivity index (χ0v) is 13.4. The van der Waals surface area contributed by atoms with Gasteiger partial charge in [0.2, 0.25) is 0 Å². The Labute approximate surface area is 124 Å². The van der Waals surface area contributed by atoms with Gasteiger partial charge in [0.15, 0.2) is 0 Å². The molecule has 0 amide bonds. The van der Waals surface area contributed by atoms with E-state index in [4.69, 9.17) is 0 Å². The van der Waals surface area contributed by atoms with Gasteiger partial charge in [-0.05, 0) is 62.9 Å². The molecule has 0 bridgehead atoms. The van der Waals surface area contributed by atoms with Crippen molar-refractivity contribution in [3.63, 3.8) is 0 Å². The zero-order chi connectivity index (χ0) is 14.4. The van der Waals surface area contributed by atoms with Crippen molar-refractivity contribution < 1.29 is 0 Å². The van der Waals surface area contributed by atoms with Gasteiger partial charge in [-0.15, -0.1) is 0 Å². The van der Waals surface area contributed by atoms with Gasteiger partial charge in [0, 0.05) is 12.6 Å². The van der Waals surface area contributed by atoms with Crippen LogP contribution in [0.2, 0.25) is 0 Å². The monoisotopic (exact) mass is 274 g/mol. The molecular weight excluding hydrogens is 244 g/mol.